The number of carbonyl (C=O) groups is 1. The molecule has 1 unspecified atom stereocenters. The van der Waals surface area contributed by atoms with Crippen LogP contribution in [0.4, 0.5) is 13.6 Å². The van der Waals surface area contributed by atoms with Crippen molar-refractivity contribution in [2.24, 2.45) is 0 Å². The molecule has 1 fully saturated rings. The first-order chi connectivity index (χ1) is 7.14. The average molecular weight is 232 g/mol. The maximum atomic E-state index is 13.0. The number of hydrogen-bond donors (Lipinski definition) is 0. The zero-order valence-corrected chi connectivity index (χ0v) is 9.46. The van der Waals surface area contributed by atoms with Gasteiger partial charge in [-0.25, -0.2) is 13.6 Å². The minimum atomic E-state index is -3.00. The summed E-state index contributed by atoms with van der Waals surface area (Å²) < 4.78 is 31.0. The standard InChI is InChI=1S/C10H14F2N2O2/c1-9(2,3)16-8(15)14-6-10(11,12)4-7(14)5-13/h7H,4,6H2,1-3H3. The summed E-state index contributed by atoms with van der Waals surface area (Å²) in [6, 6.07) is 0.575. The molecule has 1 aliphatic rings. The molecular formula is C10H14F2N2O2. The molecule has 0 bridgehead atoms. The van der Waals surface area contributed by atoms with Crippen LogP contribution >= 0.6 is 0 Å². The topological polar surface area (TPSA) is 53.3 Å². The van der Waals surface area contributed by atoms with E-state index in [-0.39, 0.29) is 0 Å². The van der Waals surface area contributed by atoms with Crippen molar-refractivity contribution in [3.63, 3.8) is 0 Å². The predicted molar refractivity (Wildman–Crippen MR) is 51.9 cm³/mol. The lowest BCUT2D eigenvalue weighted by atomic mass is 10.2. The molecule has 6 heteroatoms. The van der Waals surface area contributed by atoms with Gasteiger partial charge < -0.3 is 4.74 Å². The fraction of sp³-hybridized carbons (Fsp3) is 0.800. The Bertz CT molecular complexity index is 331. The zero-order valence-electron chi connectivity index (χ0n) is 9.46. The Hall–Kier alpha value is -1.38. The molecule has 0 aromatic heterocycles. The number of nitrogens with zero attached hydrogens (tertiary/aromatic N) is 2. The van der Waals surface area contributed by atoms with Crippen molar-refractivity contribution < 1.29 is 18.3 Å². The summed E-state index contributed by atoms with van der Waals surface area (Å²) in [5.41, 5.74) is -0.755. The Morgan fingerprint density at radius 1 is 1.56 bits per heavy atom. The van der Waals surface area contributed by atoms with Gasteiger partial charge in [0.1, 0.15) is 11.6 Å². The lowest BCUT2D eigenvalue weighted by Gasteiger charge is -2.25. The molecule has 90 valence electrons. The van der Waals surface area contributed by atoms with Crippen molar-refractivity contribution in [1.29, 1.82) is 5.26 Å². The van der Waals surface area contributed by atoms with E-state index in [1.54, 1.807) is 26.8 Å². The second-order valence-electron chi connectivity index (χ2n) is 4.81. The molecule has 1 atom stereocenters. The lowest BCUT2D eigenvalue weighted by Crippen LogP contribution is -2.40. The third-order valence-electron chi connectivity index (χ3n) is 2.05. The van der Waals surface area contributed by atoms with Gasteiger partial charge in [0.05, 0.1) is 12.6 Å². The Kier molecular flexibility index (Phi) is 3.08. The van der Waals surface area contributed by atoms with Crippen LogP contribution < -0.4 is 0 Å². The van der Waals surface area contributed by atoms with Crippen molar-refractivity contribution in [3.05, 3.63) is 0 Å². The Morgan fingerprint density at radius 2 is 2.12 bits per heavy atom. The third-order valence-corrected chi connectivity index (χ3v) is 2.05. The first kappa shape index (κ1) is 12.7. The number of amides is 1. The second-order valence-corrected chi connectivity index (χ2v) is 4.81. The van der Waals surface area contributed by atoms with Gasteiger partial charge in [-0.1, -0.05) is 0 Å². The van der Waals surface area contributed by atoms with Crippen molar-refractivity contribution in [1.82, 2.24) is 4.90 Å². The summed E-state index contributed by atoms with van der Waals surface area (Å²) >= 11 is 0. The molecule has 1 aliphatic heterocycles. The van der Waals surface area contributed by atoms with Crippen LogP contribution in [-0.2, 0) is 4.74 Å². The van der Waals surface area contributed by atoms with E-state index in [4.69, 9.17) is 10.00 Å². The predicted octanol–water partition coefficient (Wildman–Crippen LogP) is 2.15. The van der Waals surface area contributed by atoms with Crippen LogP contribution in [0, 0.1) is 11.3 Å². The molecule has 0 radical (unpaired) electrons. The van der Waals surface area contributed by atoms with E-state index < -0.39 is 36.6 Å². The maximum absolute atomic E-state index is 13.0. The quantitative estimate of drug-likeness (QED) is 0.643. The molecule has 1 amide bonds. The summed E-state index contributed by atoms with van der Waals surface area (Å²) in [7, 11) is 0. The summed E-state index contributed by atoms with van der Waals surface area (Å²) in [6.07, 6.45) is -1.49. The molecule has 0 aliphatic carbocycles. The van der Waals surface area contributed by atoms with E-state index in [2.05, 4.69) is 0 Å². The van der Waals surface area contributed by atoms with Crippen molar-refractivity contribution in [2.45, 2.75) is 44.8 Å². The van der Waals surface area contributed by atoms with Crippen molar-refractivity contribution >= 4 is 6.09 Å². The van der Waals surface area contributed by atoms with E-state index in [1.807, 2.05) is 0 Å². The van der Waals surface area contributed by atoms with Gasteiger partial charge in [0.15, 0.2) is 0 Å². The lowest BCUT2D eigenvalue weighted by molar-refractivity contribution is -0.00214. The molecule has 0 spiro atoms. The van der Waals surface area contributed by atoms with Gasteiger partial charge in [0, 0.05) is 6.42 Å². The Balaban J connectivity index is 2.74. The van der Waals surface area contributed by atoms with E-state index in [0.29, 0.717) is 0 Å². The average Bonchev–Trinajstić information content (AvgIpc) is 2.38. The van der Waals surface area contributed by atoms with Gasteiger partial charge in [-0.15, -0.1) is 0 Å². The molecule has 16 heavy (non-hydrogen) atoms. The number of nitriles is 1. The number of carbonyl (C=O) groups excluding carboxylic acids is 1. The van der Waals surface area contributed by atoms with Gasteiger partial charge in [0.2, 0.25) is 0 Å². The highest BCUT2D eigenvalue weighted by molar-refractivity contribution is 5.69. The van der Waals surface area contributed by atoms with E-state index in [0.717, 1.165) is 4.90 Å². The Labute approximate surface area is 92.8 Å². The van der Waals surface area contributed by atoms with E-state index in [9.17, 15) is 13.6 Å². The van der Waals surface area contributed by atoms with Gasteiger partial charge in [-0.05, 0) is 20.8 Å². The first-order valence-corrected chi connectivity index (χ1v) is 4.92. The minimum Gasteiger partial charge on any atom is -0.444 e. The van der Waals surface area contributed by atoms with Gasteiger partial charge in [-0.3, -0.25) is 4.90 Å². The molecule has 1 saturated heterocycles. The molecular weight excluding hydrogens is 218 g/mol. The normalized spacial score (nSPS) is 24.0. The number of likely N-dealkylation sites (tertiary alicyclic amines) is 1. The van der Waals surface area contributed by atoms with E-state index in [1.165, 1.54) is 0 Å². The summed E-state index contributed by atoms with van der Waals surface area (Å²) in [5.74, 6) is -3.00. The fourth-order valence-corrected chi connectivity index (χ4v) is 1.44. The second kappa shape index (κ2) is 3.89. The highest BCUT2D eigenvalue weighted by atomic mass is 19.3. The van der Waals surface area contributed by atoms with Crippen LogP contribution in [0.1, 0.15) is 27.2 Å². The molecule has 4 nitrogen and oxygen atoms in total. The third kappa shape index (κ3) is 3.05. The van der Waals surface area contributed by atoms with Crippen molar-refractivity contribution in [2.75, 3.05) is 6.54 Å². The van der Waals surface area contributed by atoms with Crippen LogP contribution in [0.25, 0.3) is 0 Å². The monoisotopic (exact) mass is 232 g/mol. The molecule has 1 heterocycles. The first-order valence-electron chi connectivity index (χ1n) is 4.92. The van der Waals surface area contributed by atoms with Crippen LogP contribution in [0.2, 0.25) is 0 Å². The summed E-state index contributed by atoms with van der Waals surface area (Å²) in [4.78, 5) is 12.3. The van der Waals surface area contributed by atoms with Crippen LogP contribution in [0.15, 0.2) is 0 Å². The Morgan fingerprint density at radius 3 is 2.56 bits per heavy atom. The largest absolute Gasteiger partial charge is 0.444 e. The van der Waals surface area contributed by atoms with Gasteiger partial charge >= 0.3 is 6.09 Å². The minimum absolute atomic E-state index is 0.622. The molecule has 0 N–H and O–H groups in total. The molecule has 0 aromatic carbocycles. The van der Waals surface area contributed by atoms with Gasteiger partial charge in [-0.2, -0.15) is 5.26 Å². The molecule has 0 saturated carbocycles. The van der Waals surface area contributed by atoms with Gasteiger partial charge in [0.25, 0.3) is 5.92 Å². The summed E-state index contributed by atoms with van der Waals surface area (Å²) in [6.45, 7) is 4.17. The zero-order chi connectivity index (χ0) is 12.6. The number of alkyl halides is 2. The number of halogens is 2. The van der Waals surface area contributed by atoms with Crippen LogP contribution in [0.3, 0.4) is 0 Å². The molecule has 0 aromatic rings. The fourth-order valence-electron chi connectivity index (χ4n) is 1.44. The smallest absolute Gasteiger partial charge is 0.411 e. The number of rotatable bonds is 0. The maximum Gasteiger partial charge on any atom is 0.411 e. The number of ether oxygens (including phenoxy) is 1. The summed E-state index contributed by atoms with van der Waals surface area (Å²) in [5, 5.41) is 8.68. The SMILES string of the molecule is CC(C)(C)OC(=O)N1CC(F)(F)CC1C#N. The van der Waals surface area contributed by atoms with E-state index >= 15 is 0 Å². The molecule has 1 rings (SSSR count). The highest BCUT2D eigenvalue weighted by Crippen LogP contribution is 2.32. The van der Waals surface area contributed by atoms with Crippen LogP contribution in [-0.4, -0.2) is 35.1 Å². The number of hydrogen-bond acceptors (Lipinski definition) is 3. The van der Waals surface area contributed by atoms with Crippen LogP contribution in [0.5, 0.6) is 0 Å². The highest BCUT2D eigenvalue weighted by Gasteiger charge is 2.48. The van der Waals surface area contributed by atoms with Crippen molar-refractivity contribution in [3.8, 4) is 6.07 Å².